The summed E-state index contributed by atoms with van der Waals surface area (Å²) in [5.41, 5.74) is 8.30. The van der Waals surface area contributed by atoms with E-state index >= 15 is 0 Å². The summed E-state index contributed by atoms with van der Waals surface area (Å²) in [6.07, 6.45) is 5.09. The van der Waals surface area contributed by atoms with Crippen LogP contribution in [0.5, 0.6) is 0 Å². The van der Waals surface area contributed by atoms with Crippen molar-refractivity contribution in [3.05, 3.63) is 70.4 Å². The zero-order chi connectivity index (χ0) is 19.5. The van der Waals surface area contributed by atoms with E-state index in [1.807, 2.05) is 31.2 Å². The van der Waals surface area contributed by atoms with Gasteiger partial charge in [0.05, 0.1) is 5.71 Å². The first-order chi connectivity index (χ1) is 13.6. The maximum absolute atomic E-state index is 12.4. The number of hydrogen-bond acceptors (Lipinski definition) is 2. The van der Waals surface area contributed by atoms with E-state index in [0.717, 1.165) is 18.4 Å². The highest BCUT2D eigenvalue weighted by Gasteiger charge is 2.19. The van der Waals surface area contributed by atoms with E-state index in [1.54, 1.807) is 0 Å². The van der Waals surface area contributed by atoms with Gasteiger partial charge in [-0.3, -0.25) is 4.79 Å². The largest absolute Gasteiger partial charge is 0.344 e. The zero-order valence-corrected chi connectivity index (χ0v) is 16.8. The first-order valence-electron chi connectivity index (χ1n) is 9.82. The van der Waals surface area contributed by atoms with Crippen molar-refractivity contribution >= 4 is 34.1 Å². The molecule has 0 aliphatic heterocycles. The molecule has 0 unspecified atom stereocenters. The number of carbonyl (C=O) groups excluding carboxylic acids is 1. The van der Waals surface area contributed by atoms with Gasteiger partial charge in [-0.15, -0.1) is 0 Å². The summed E-state index contributed by atoms with van der Waals surface area (Å²) < 4.78 is 2.33. The molecule has 144 valence electrons. The summed E-state index contributed by atoms with van der Waals surface area (Å²) in [6.45, 7) is 2.51. The Hall–Kier alpha value is -2.59. The fraction of sp³-hybridized carbons (Fsp3) is 0.304. The molecule has 0 saturated heterocycles. The lowest BCUT2D eigenvalue weighted by molar-refractivity contribution is -0.121. The molecule has 1 aliphatic rings. The number of nitrogens with one attached hydrogen (secondary N) is 1. The lowest BCUT2D eigenvalue weighted by Gasteiger charge is -2.15. The number of benzene rings is 2. The standard InChI is InChI=1S/C23H24ClN3O/c1-16(17-8-2-5-11-20(17)24)25-26-23(28)14-15-27-21-12-6-3-9-18(21)19-10-4-7-13-22(19)27/h2-3,5-6,8-9,11-12H,4,7,10,13-15H2,1H3,(H,26,28)/b25-16-. The lowest BCUT2D eigenvalue weighted by Crippen LogP contribution is -2.21. The Morgan fingerprint density at radius 3 is 2.71 bits per heavy atom. The number of para-hydroxylation sites is 1. The van der Waals surface area contributed by atoms with Crippen molar-refractivity contribution in [2.24, 2.45) is 5.10 Å². The van der Waals surface area contributed by atoms with Crippen LogP contribution in [0.25, 0.3) is 10.9 Å². The summed E-state index contributed by atoms with van der Waals surface area (Å²) in [6, 6.07) is 16.0. The third-order valence-electron chi connectivity index (χ3n) is 5.46. The second kappa shape index (κ2) is 8.19. The Balaban J connectivity index is 1.47. The van der Waals surface area contributed by atoms with Gasteiger partial charge in [-0.05, 0) is 50.3 Å². The van der Waals surface area contributed by atoms with E-state index in [2.05, 4.69) is 39.4 Å². The van der Waals surface area contributed by atoms with E-state index in [-0.39, 0.29) is 5.91 Å². The van der Waals surface area contributed by atoms with Crippen LogP contribution in [0.3, 0.4) is 0 Å². The molecule has 0 spiro atoms. The molecule has 0 atom stereocenters. The van der Waals surface area contributed by atoms with Gasteiger partial charge in [-0.2, -0.15) is 5.10 Å². The average Bonchev–Trinajstić information content (AvgIpc) is 3.05. The third-order valence-corrected chi connectivity index (χ3v) is 5.79. The molecule has 1 amide bonds. The summed E-state index contributed by atoms with van der Waals surface area (Å²) in [7, 11) is 0. The van der Waals surface area contributed by atoms with Crippen molar-refractivity contribution in [3.8, 4) is 0 Å². The number of hydrogen-bond donors (Lipinski definition) is 1. The van der Waals surface area contributed by atoms with E-state index in [4.69, 9.17) is 11.6 Å². The second-order valence-electron chi connectivity index (χ2n) is 7.26. The number of aromatic nitrogens is 1. The Bertz CT molecular complexity index is 1050. The predicted octanol–water partition coefficient (Wildman–Crippen LogP) is 5.10. The molecule has 1 heterocycles. The van der Waals surface area contributed by atoms with Crippen LogP contribution >= 0.6 is 11.6 Å². The van der Waals surface area contributed by atoms with Gasteiger partial charge in [-0.1, -0.05) is 48.0 Å². The van der Waals surface area contributed by atoms with Crippen molar-refractivity contribution in [1.82, 2.24) is 9.99 Å². The first kappa shape index (κ1) is 18.8. The van der Waals surface area contributed by atoms with E-state index < -0.39 is 0 Å². The highest BCUT2D eigenvalue weighted by molar-refractivity contribution is 6.34. The molecule has 0 radical (unpaired) electrons. The molecule has 2 aromatic carbocycles. The van der Waals surface area contributed by atoms with Gasteiger partial charge in [0.25, 0.3) is 0 Å². The Labute approximate surface area is 170 Å². The molecule has 1 aromatic heterocycles. The van der Waals surface area contributed by atoms with Gasteiger partial charge in [0, 0.05) is 40.1 Å². The number of carbonyl (C=O) groups is 1. The van der Waals surface area contributed by atoms with Gasteiger partial charge in [-0.25, -0.2) is 5.43 Å². The molecule has 0 fully saturated rings. The number of fused-ring (bicyclic) bond motifs is 3. The fourth-order valence-electron chi connectivity index (χ4n) is 4.07. The van der Waals surface area contributed by atoms with E-state index in [0.29, 0.717) is 23.7 Å². The molecule has 4 rings (SSSR count). The smallest absolute Gasteiger partial charge is 0.241 e. The van der Waals surface area contributed by atoms with Gasteiger partial charge in [0.2, 0.25) is 5.91 Å². The highest BCUT2D eigenvalue weighted by Crippen LogP contribution is 2.32. The minimum atomic E-state index is -0.0891. The van der Waals surface area contributed by atoms with Crippen molar-refractivity contribution < 1.29 is 4.79 Å². The number of nitrogens with zero attached hydrogens (tertiary/aromatic N) is 2. The number of hydrazone groups is 1. The normalized spacial score (nSPS) is 14.1. The van der Waals surface area contributed by atoms with Gasteiger partial charge in [0.15, 0.2) is 0 Å². The average molecular weight is 394 g/mol. The van der Waals surface area contributed by atoms with Gasteiger partial charge < -0.3 is 4.57 Å². The zero-order valence-electron chi connectivity index (χ0n) is 16.0. The molecule has 0 saturated carbocycles. The van der Waals surface area contributed by atoms with Crippen LogP contribution < -0.4 is 5.43 Å². The quantitative estimate of drug-likeness (QED) is 0.475. The molecule has 3 aromatic rings. The van der Waals surface area contributed by atoms with Gasteiger partial charge in [0.1, 0.15) is 0 Å². The second-order valence-corrected chi connectivity index (χ2v) is 7.67. The SMILES string of the molecule is C/C(=N/NC(=O)CCn1c2c(c3ccccc31)CCCC2)c1ccccc1Cl. The van der Waals surface area contributed by atoms with Gasteiger partial charge >= 0.3 is 0 Å². The van der Waals surface area contributed by atoms with Crippen molar-refractivity contribution in [3.63, 3.8) is 0 Å². The first-order valence-corrected chi connectivity index (χ1v) is 10.2. The third kappa shape index (κ3) is 3.69. The summed E-state index contributed by atoms with van der Waals surface area (Å²) in [5, 5.41) is 6.19. The Kier molecular flexibility index (Phi) is 5.49. The monoisotopic (exact) mass is 393 g/mol. The van der Waals surface area contributed by atoms with Crippen LogP contribution in [-0.2, 0) is 24.2 Å². The molecule has 1 aliphatic carbocycles. The molecule has 5 heteroatoms. The molecule has 0 bridgehead atoms. The number of halogens is 1. The van der Waals surface area contributed by atoms with Crippen LogP contribution in [-0.4, -0.2) is 16.2 Å². The van der Waals surface area contributed by atoms with Crippen molar-refractivity contribution in [1.29, 1.82) is 0 Å². The summed E-state index contributed by atoms with van der Waals surface area (Å²) in [4.78, 5) is 12.4. The molecule has 4 nitrogen and oxygen atoms in total. The Morgan fingerprint density at radius 2 is 1.86 bits per heavy atom. The van der Waals surface area contributed by atoms with Crippen molar-refractivity contribution in [2.45, 2.75) is 45.6 Å². The molecule has 28 heavy (non-hydrogen) atoms. The van der Waals surface area contributed by atoms with E-state index in [1.165, 1.54) is 35.0 Å². The number of aryl methyl sites for hydroxylation is 2. The summed E-state index contributed by atoms with van der Waals surface area (Å²) in [5.74, 6) is -0.0891. The minimum Gasteiger partial charge on any atom is -0.344 e. The molecular formula is C23H24ClN3O. The number of amides is 1. The fourth-order valence-corrected chi connectivity index (χ4v) is 4.35. The van der Waals surface area contributed by atoms with Crippen LogP contribution in [0, 0.1) is 0 Å². The topological polar surface area (TPSA) is 46.4 Å². The van der Waals surface area contributed by atoms with Crippen LogP contribution in [0.15, 0.2) is 53.6 Å². The van der Waals surface area contributed by atoms with E-state index in [9.17, 15) is 4.79 Å². The highest BCUT2D eigenvalue weighted by atomic mass is 35.5. The number of rotatable bonds is 5. The van der Waals surface area contributed by atoms with Crippen LogP contribution in [0.4, 0.5) is 0 Å². The Morgan fingerprint density at radius 1 is 1.11 bits per heavy atom. The van der Waals surface area contributed by atoms with Crippen molar-refractivity contribution in [2.75, 3.05) is 0 Å². The summed E-state index contributed by atoms with van der Waals surface area (Å²) >= 11 is 6.19. The maximum Gasteiger partial charge on any atom is 0.241 e. The van der Waals surface area contributed by atoms with Crippen LogP contribution in [0.2, 0.25) is 5.02 Å². The lowest BCUT2D eigenvalue weighted by atomic mass is 9.95. The minimum absolute atomic E-state index is 0.0891. The molecule has 1 N–H and O–H groups in total. The van der Waals surface area contributed by atoms with Crippen LogP contribution in [0.1, 0.15) is 43.0 Å². The maximum atomic E-state index is 12.4. The molecular weight excluding hydrogens is 370 g/mol. The predicted molar refractivity (Wildman–Crippen MR) is 115 cm³/mol.